The van der Waals surface area contributed by atoms with Crippen LogP contribution in [0.25, 0.3) is 0 Å². The lowest BCUT2D eigenvalue weighted by Crippen LogP contribution is -2.36. The quantitative estimate of drug-likeness (QED) is 0.710. The summed E-state index contributed by atoms with van der Waals surface area (Å²) < 4.78 is 5.35. The number of hydrogen-bond donors (Lipinski definition) is 1. The van der Waals surface area contributed by atoms with Gasteiger partial charge in [0.15, 0.2) is 0 Å². The van der Waals surface area contributed by atoms with Gasteiger partial charge in [-0.2, -0.15) is 0 Å². The maximum atomic E-state index is 11.8. The Morgan fingerprint density at radius 3 is 3.14 bits per heavy atom. The summed E-state index contributed by atoms with van der Waals surface area (Å²) in [6.45, 7) is 0.754. The van der Waals surface area contributed by atoms with Gasteiger partial charge in [-0.25, -0.2) is 0 Å². The number of likely N-dealkylation sites (N-methyl/N-ethyl adjacent to an activating group) is 2. The lowest BCUT2D eigenvalue weighted by atomic mass is 10.1. The fraction of sp³-hybridized carbons (Fsp3) is 0.500. The van der Waals surface area contributed by atoms with Gasteiger partial charge in [-0.15, -0.1) is 0 Å². The van der Waals surface area contributed by atoms with Gasteiger partial charge in [-0.1, -0.05) is 0 Å². The van der Waals surface area contributed by atoms with E-state index in [0.717, 1.165) is 24.3 Å². The van der Waals surface area contributed by atoms with Crippen molar-refractivity contribution in [3.05, 3.63) is 23.7 Å². The third kappa shape index (κ3) is 1.32. The highest BCUT2D eigenvalue weighted by atomic mass is 16.3. The number of furan rings is 1. The molecule has 1 aliphatic rings. The Kier molecular flexibility index (Phi) is 2.29. The van der Waals surface area contributed by atoms with Crippen molar-refractivity contribution in [3.63, 3.8) is 0 Å². The van der Waals surface area contributed by atoms with Crippen molar-refractivity contribution in [2.75, 3.05) is 20.6 Å². The molecular formula is C10H14N2O2. The maximum Gasteiger partial charge on any atom is 0.247 e. The van der Waals surface area contributed by atoms with Gasteiger partial charge in [-0.3, -0.25) is 4.79 Å². The number of amides is 1. The number of carbonyl (C=O) groups is 1. The van der Waals surface area contributed by atoms with Crippen LogP contribution in [-0.2, 0) is 11.2 Å². The Bertz CT molecular complexity index is 346. The molecule has 1 amide bonds. The average Bonchev–Trinajstić information content (AvgIpc) is 2.59. The van der Waals surface area contributed by atoms with Crippen molar-refractivity contribution < 1.29 is 9.21 Å². The molecule has 4 heteroatoms. The Morgan fingerprint density at radius 1 is 1.64 bits per heavy atom. The summed E-state index contributed by atoms with van der Waals surface area (Å²) in [7, 11) is 3.59. The zero-order valence-corrected chi connectivity index (χ0v) is 8.41. The van der Waals surface area contributed by atoms with E-state index in [9.17, 15) is 4.79 Å². The number of nitrogens with zero attached hydrogens (tertiary/aromatic N) is 1. The summed E-state index contributed by atoms with van der Waals surface area (Å²) in [5.41, 5.74) is 1.13. The number of rotatable bonds is 1. The molecule has 1 aliphatic heterocycles. The second kappa shape index (κ2) is 3.46. The van der Waals surface area contributed by atoms with E-state index < -0.39 is 0 Å². The second-order valence-electron chi connectivity index (χ2n) is 3.54. The first-order chi connectivity index (χ1) is 6.74. The molecule has 76 valence electrons. The highest BCUT2D eigenvalue weighted by molar-refractivity contribution is 5.83. The summed E-state index contributed by atoms with van der Waals surface area (Å²) in [6, 6.07) is 1.61. The van der Waals surface area contributed by atoms with Gasteiger partial charge in [0.25, 0.3) is 0 Å². The van der Waals surface area contributed by atoms with E-state index in [1.807, 2.05) is 13.1 Å². The Hall–Kier alpha value is -1.29. The molecule has 0 fully saturated rings. The van der Waals surface area contributed by atoms with Crippen molar-refractivity contribution >= 4 is 5.91 Å². The number of hydrogen-bond acceptors (Lipinski definition) is 3. The van der Waals surface area contributed by atoms with E-state index in [0.29, 0.717) is 0 Å². The predicted octanol–water partition coefficient (Wildman–Crippen LogP) is 0.555. The summed E-state index contributed by atoms with van der Waals surface area (Å²) >= 11 is 0. The summed E-state index contributed by atoms with van der Waals surface area (Å²) in [5.74, 6) is 0.836. The van der Waals surface area contributed by atoms with Gasteiger partial charge in [0.1, 0.15) is 11.8 Å². The van der Waals surface area contributed by atoms with Crippen molar-refractivity contribution in [1.82, 2.24) is 10.2 Å². The highest BCUT2D eigenvalue weighted by Crippen LogP contribution is 2.24. The van der Waals surface area contributed by atoms with Crippen LogP contribution >= 0.6 is 0 Å². The topological polar surface area (TPSA) is 45.5 Å². The molecule has 1 atom stereocenters. The van der Waals surface area contributed by atoms with Gasteiger partial charge < -0.3 is 14.6 Å². The molecular weight excluding hydrogens is 180 g/mol. The van der Waals surface area contributed by atoms with Crippen LogP contribution in [0.3, 0.4) is 0 Å². The molecule has 2 rings (SSSR count). The van der Waals surface area contributed by atoms with Crippen LogP contribution in [-0.4, -0.2) is 31.4 Å². The zero-order valence-electron chi connectivity index (χ0n) is 8.41. The van der Waals surface area contributed by atoms with Crippen molar-refractivity contribution in [3.8, 4) is 0 Å². The predicted molar refractivity (Wildman–Crippen MR) is 51.8 cm³/mol. The van der Waals surface area contributed by atoms with Crippen molar-refractivity contribution in [2.45, 2.75) is 12.5 Å². The van der Waals surface area contributed by atoms with Crippen LogP contribution in [0.15, 0.2) is 16.7 Å². The van der Waals surface area contributed by atoms with Crippen LogP contribution in [0.5, 0.6) is 0 Å². The zero-order chi connectivity index (χ0) is 10.1. The van der Waals surface area contributed by atoms with Gasteiger partial charge in [0.2, 0.25) is 5.91 Å². The smallest absolute Gasteiger partial charge is 0.247 e. The van der Waals surface area contributed by atoms with Gasteiger partial charge >= 0.3 is 0 Å². The molecule has 1 aromatic rings. The van der Waals surface area contributed by atoms with Gasteiger partial charge in [-0.05, 0) is 25.1 Å². The van der Waals surface area contributed by atoms with E-state index in [1.54, 1.807) is 18.2 Å². The summed E-state index contributed by atoms with van der Waals surface area (Å²) in [6.07, 6.45) is 2.51. The Balaban J connectivity index is 2.40. The minimum Gasteiger partial charge on any atom is -0.467 e. The van der Waals surface area contributed by atoms with Crippen molar-refractivity contribution in [1.29, 1.82) is 0 Å². The first-order valence-electron chi connectivity index (χ1n) is 4.72. The summed E-state index contributed by atoms with van der Waals surface area (Å²) in [5, 5.41) is 2.98. The lowest BCUT2D eigenvalue weighted by Gasteiger charge is -2.18. The van der Waals surface area contributed by atoms with E-state index in [4.69, 9.17) is 4.42 Å². The van der Waals surface area contributed by atoms with Gasteiger partial charge in [0.05, 0.1) is 6.26 Å². The molecule has 1 aromatic heterocycles. The van der Waals surface area contributed by atoms with Crippen LogP contribution in [0.1, 0.15) is 17.4 Å². The molecule has 0 saturated carbocycles. The molecule has 14 heavy (non-hydrogen) atoms. The van der Waals surface area contributed by atoms with E-state index in [1.165, 1.54) is 0 Å². The molecule has 4 nitrogen and oxygen atoms in total. The van der Waals surface area contributed by atoms with E-state index >= 15 is 0 Å². The van der Waals surface area contributed by atoms with Crippen LogP contribution in [0.4, 0.5) is 0 Å². The first kappa shape index (κ1) is 9.27. The van der Waals surface area contributed by atoms with Crippen molar-refractivity contribution in [2.24, 2.45) is 0 Å². The second-order valence-corrected chi connectivity index (χ2v) is 3.54. The molecule has 0 aliphatic carbocycles. The molecule has 1 unspecified atom stereocenters. The van der Waals surface area contributed by atoms with Gasteiger partial charge in [0, 0.05) is 13.6 Å². The van der Waals surface area contributed by atoms with Crippen LogP contribution in [0, 0.1) is 0 Å². The Morgan fingerprint density at radius 2 is 2.43 bits per heavy atom. The fourth-order valence-corrected chi connectivity index (χ4v) is 1.79. The summed E-state index contributed by atoms with van der Waals surface area (Å²) in [4.78, 5) is 13.6. The number of carbonyl (C=O) groups excluding carboxylic acids is 1. The van der Waals surface area contributed by atoms with E-state index in [-0.39, 0.29) is 11.9 Å². The standard InChI is InChI=1S/C10H14N2O2/c1-11-8-9-7(4-6-14-9)3-5-12(2)10(8)13/h4,6,8,11H,3,5H2,1-2H3. The monoisotopic (exact) mass is 194 g/mol. The maximum absolute atomic E-state index is 11.8. The number of nitrogens with one attached hydrogen (secondary N) is 1. The molecule has 2 heterocycles. The van der Waals surface area contributed by atoms with E-state index in [2.05, 4.69) is 5.32 Å². The van der Waals surface area contributed by atoms with Crippen LogP contribution in [0.2, 0.25) is 0 Å². The normalized spacial score (nSPS) is 22.0. The molecule has 0 radical (unpaired) electrons. The molecule has 0 aromatic carbocycles. The van der Waals surface area contributed by atoms with Crippen LogP contribution < -0.4 is 5.32 Å². The average molecular weight is 194 g/mol. The largest absolute Gasteiger partial charge is 0.467 e. The fourth-order valence-electron chi connectivity index (χ4n) is 1.79. The highest BCUT2D eigenvalue weighted by Gasteiger charge is 2.30. The third-order valence-corrected chi connectivity index (χ3v) is 2.67. The third-order valence-electron chi connectivity index (χ3n) is 2.67. The number of fused-ring (bicyclic) bond motifs is 1. The first-order valence-corrected chi connectivity index (χ1v) is 4.72. The minimum absolute atomic E-state index is 0.0706. The minimum atomic E-state index is -0.326. The lowest BCUT2D eigenvalue weighted by molar-refractivity contribution is -0.132. The SMILES string of the molecule is CNC1C(=O)N(C)CCc2ccoc21. The molecule has 1 N–H and O–H groups in total. The molecule has 0 spiro atoms. The Labute approximate surface area is 82.9 Å². The molecule has 0 bridgehead atoms. The molecule has 0 saturated heterocycles.